The van der Waals surface area contributed by atoms with E-state index in [0.29, 0.717) is 5.92 Å². The summed E-state index contributed by atoms with van der Waals surface area (Å²) in [6.45, 7) is 5.87. The van der Waals surface area contributed by atoms with Crippen LogP contribution in [0.1, 0.15) is 25.5 Å². The van der Waals surface area contributed by atoms with Crippen LogP contribution in [0.25, 0.3) is 0 Å². The summed E-state index contributed by atoms with van der Waals surface area (Å²) in [4.78, 5) is 0. The first-order valence-corrected chi connectivity index (χ1v) is 6.27. The van der Waals surface area contributed by atoms with E-state index in [0.717, 1.165) is 18.7 Å². The van der Waals surface area contributed by atoms with Gasteiger partial charge in [0.25, 0.3) is 0 Å². The zero-order chi connectivity index (χ0) is 12.4. The maximum Gasteiger partial charge on any atom is 0.141 e. The first-order chi connectivity index (χ1) is 8.08. The quantitative estimate of drug-likeness (QED) is 0.879. The van der Waals surface area contributed by atoms with Crippen molar-refractivity contribution in [1.82, 2.24) is 5.32 Å². The minimum absolute atomic E-state index is 0.0470. The van der Waals surface area contributed by atoms with Crippen LogP contribution in [-0.4, -0.2) is 19.2 Å². The Balaban J connectivity index is 2.13. The van der Waals surface area contributed by atoms with Crippen LogP contribution in [0.15, 0.2) is 18.2 Å². The summed E-state index contributed by atoms with van der Waals surface area (Å²) < 4.78 is 19.1. The molecule has 1 aliphatic rings. The van der Waals surface area contributed by atoms with Gasteiger partial charge < -0.3 is 10.1 Å². The fourth-order valence-corrected chi connectivity index (χ4v) is 2.15. The summed E-state index contributed by atoms with van der Waals surface area (Å²) in [6, 6.07) is 4.77. The molecule has 0 saturated carbocycles. The first kappa shape index (κ1) is 12.8. The van der Waals surface area contributed by atoms with Gasteiger partial charge in [-0.3, -0.25) is 0 Å². The number of ether oxygens (including phenoxy) is 1. The number of hydrogen-bond donors (Lipinski definition) is 1. The number of halogens is 2. The number of benzene rings is 1. The molecule has 94 valence electrons. The van der Waals surface area contributed by atoms with Gasteiger partial charge in [-0.25, -0.2) is 4.39 Å². The molecule has 2 nitrogen and oxygen atoms in total. The van der Waals surface area contributed by atoms with E-state index in [4.69, 9.17) is 16.3 Å². The fourth-order valence-electron chi connectivity index (χ4n) is 1.97. The van der Waals surface area contributed by atoms with E-state index in [1.54, 1.807) is 12.1 Å². The molecule has 2 unspecified atom stereocenters. The molecule has 0 aliphatic carbocycles. The lowest BCUT2D eigenvalue weighted by molar-refractivity contribution is -0.0603. The molecule has 0 radical (unpaired) electrons. The van der Waals surface area contributed by atoms with E-state index >= 15 is 0 Å². The Hall–Kier alpha value is -0.640. The van der Waals surface area contributed by atoms with E-state index in [9.17, 15) is 4.39 Å². The highest BCUT2D eigenvalue weighted by Gasteiger charge is 2.25. The molecule has 2 rings (SSSR count). The highest BCUT2D eigenvalue weighted by atomic mass is 35.5. The molecule has 2 atom stereocenters. The second-order valence-electron chi connectivity index (χ2n) is 4.74. The van der Waals surface area contributed by atoms with E-state index < -0.39 is 0 Å². The van der Waals surface area contributed by atoms with Crippen LogP contribution in [0.3, 0.4) is 0 Å². The normalized spacial score (nSPS) is 25.2. The van der Waals surface area contributed by atoms with Gasteiger partial charge in [-0.15, -0.1) is 0 Å². The van der Waals surface area contributed by atoms with Crippen molar-refractivity contribution < 1.29 is 9.13 Å². The van der Waals surface area contributed by atoms with Crippen molar-refractivity contribution in [2.24, 2.45) is 5.92 Å². The van der Waals surface area contributed by atoms with E-state index in [-0.39, 0.29) is 23.0 Å². The molecule has 1 heterocycles. The first-order valence-electron chi connectivity index (χ1n) is 5.89. The van der Waals surface area contributed by atoms with E-state index in [1.807, 2.05) is 0 Å². The summed E-state index contributed by atoms with van der Waals surface area (Å²) in [5, 5.41) is 3.49. The van der Waals surface area contributed by atoms with Gasteiger partial charge in [0.05, 0.1) is 17.2 Å². The minimum atomic E-state index is -0.389. The Morgan fingerprint density at radius 3 is 2.82 bits per heavy atom. The predicted molar refractivity (Wildman–Crippen MR) is 66.7 cm³/mol. The monoisotopic (exact) mass is 257 g/mol. The maximum absolute atomic E-state index is 13.1. The molecule has 0 aromatic heterocycles. The molecule has 0 bridgehead atoms. The van der Waals surface area contributed by atoms with Crippen LogP contribution >= 0.6 is 11.6 Å². The van der Waals surface area contributed by atoms with Gasteiger partial charge in [0, 0.05) is 13.1 Å². The van der Waals surface area contributed by atoms with Crippen molar-refractivity contribution in [3.8, 4) is 0 Å². The van der Waals surface area contributed by atoms with E-state index in [2.05, 4.69) is 19.2 Å². The van der Waals surface area contributed by atoms with Gasteiger partial charge in [0.1, 0.15) is 5.82 Å². The van der Waals surface area contributed by atoms with Crippen molar-refractivity contribution in [1.29, 1.82) is 0 Å². The molecule has 1 aliphatic heterocycles. The lowest BCUT2D eigenvalue weighted by Crippen LogP contribution is -2.43. The number of hydrogen-bond acceptors (Lipinski definition) is 2. The topological polar surface area (TPSA) is 21.3 Å². The lowest BCUT2D eigenvalue weighted by atomic mass is 10.0. The Bertz CT molecular complexity index is 397. The summed E-state index contributed by atoms with van der Waals surface area (Å²) in [5.41, 5.74) is 0.925. The lowest BCUT2D eigenvalue weighted by Gasteiger charge is -2.33. The zero-order valence-corrected chi connectivity index (χ0v) is 10.8. The average molecular weight is 258 g/mol. The Kier molecular flexibility index (Phi) is 4.02. The van der Waals surface area contributed by atoms with Gasteiger partial charge in [0.15, 0.2) is 0 Å². The Morgan fingerprint density at radius 1 is 1.41 bits per heavy atom. The zero-order valence-electron chi connectivity index (χ0n) is 10.0. The molecule has 1 fully saturated rings. The maximum atomic E-state index is 13.1. The molecule has 17 heavy (non-hydrogen) atoms. The third-order valence-corrected chi connectivity index (χ3v) is 3.36. The van der Waals surface area contributed by atoms with Crippen LogP contribution in [0, 0.1) is 11.7 Å². The number of rotatable bonds is 2. The summed E-state index contributed by atoms with van der Waals surface area (Å²) >= 11 is 5.78. The van der Waals surface area contributed by atoms with Crippen molar-refractivity contribution in [3.05, 3.63) is 34.6 Å². The largest absolute Gasteiger partial charge is 0.367 e. The average Bonchev–Trinajstić information content (AvgIpc) is 2.33. The van der Waals surface area contributed by atoms with Crippen LogP contribution in [0.4, 0.5) is 4.39 Å². The highest BCUT2D eigenvalue weighted by Crippen LogP contribution is 2.27. The summed E-state index contributed by atoms with van der Waals surface area (Å²) in [5.74, 6) is 0.0702. The minimum Gasteiger partial charge on any atom is -0.367 e. The van der Waals surface area contributed by atoms with Crippen molar-refractivity contribution in [2.45, 2.75) is 26.1 Å². The van der Waals surface area contributed by atoms with Gasteiger partial charge in [-0.05, 0) is 23.6 Å². The Morgan fingerprint density at radius 2 is 2.18 bits per heavy atom. The number of morpholine rings is 1. The molecule has 1 N–H and O–H groups in total. The SMILES string of the molecule is CC(C)C1CNCC(c2ccc(F)c(Cl)c2)O1. The highest BCUT2D eigenvalue weighted by molar-refractivity contribution is 6.30. The Labute approximate surface area is 106 Å². The fraction of sp³-hybridized carbons (Fsp3) is 0.538. The molecular formula is C13H17ClFNO. The summed E-state index contributed by atoms with van der Waals surface area (Å²) in [7, 11) is 0. The van der Waals surface area contributed by atoms with Gasteiger partial charge in [0.2, 0.25) is 0 Å². The predicted octanol–water partition coefficient (Wildman–Crippen LogP) is 3.16. The van der Waals surface area contributed by atoms with Crippen LogP contribution < -0.4 is 5.32 Å². The molecule has 0 spiro atoms. The second kappa shape index (κ2) is 5.34. The van der Waals surface area contributed by atoms with Gasteiger partial charge >= 0.3 is 0 Å². The van der Waals surface area contributed by atoms with Crippen molar-refractivity contribution in [3.63, 3.8) is 0 Å². The molecule has 4 heteroatoms. The van der Waals surface area contributed by atoms with E-state index in [1.165, 1.54) is 6.07 Å². The van der Waals surface area contributed by atoms with Crippen LogP contribution in [0.2, 0.25) is 5.02 Å². The third-order valence-electron chi connectivity index (χ3n) is 3.07. The van der Waals surface area contributed by atoms with Crippen LogP contribution in [-0.2, 0) is 4.74 Å². The van der Waals surface area contributed by atoms with Crippen molar-refractivity contribution in [2.75, 3.05) is 13.1 Å². The van der Waals surface area contributed by atoms with Gasteiger partial charge in [-0.2, -0.15) is 0 Å². The second-order valence-corrected chi connectivity index (χ2v) is 5.15. The standard InChI is InChI=1S/C13H17ClFNO/c1-8(2)12-6-16-7-13(17-12)9-3-4-11(15)10(14)5-9/h3-5,8,12-13,16H,6-7H2,1-2H3. The molecule has 1 saturated heterocycles. The molecule has 0 amide bonds. The van der Waals surface area contributed by atoms with Crippen molar-refractivity contribution >= 4 is 11.6 Å². The molecular weight excluding hydrogens is 241 g/mol. The third kappa shape index (κ3) is 2.97. The summed E-state index contributed by atoms with van der Waals surface area (Å²) in [6.07, 6.45) is 0.145. The molecule has 1 aromatic rings. The van der Waals surface area contributed by atoms with Gasteiger partial charge in [-0.1, -0.05) is 31.5 Å². The smallest absolute Gasteiger partial charge is 0.141 e. The van der Waals surface area contributed by atoms with Crippen LogP contribution in [0.5, 0.6) is 0 Å². The number of nitrogens with one attached hydrogen (secondary N) is 1. The molecule has 1 aromatic carbocycles.